The molecule has 0 aliphatic carbocycles. The summed E-state index contributed by atoms with van der Waals surface area (Å²) in [6.45, 7) is 10.1. The number of rotatable bonds is 2. The minimum atomic E-state index is 0.108. The van der Waals surface area contributed by atoms with Crippen LogP contribution in [-0.4, -0.2) is 17.7 Å². The van der Waals surface area contributed by atoms with Crippen molar-refractivity contribution in [2.45, 2.75) is 45.8 Å². The Morgan fingerprint density at radius 3 is 2.59 bits per heavy atom. The summed E-state index contributed by atoms with van der Waals surface area (Å²) in [6, 6.07) is 4.68. The first kappa shape index (κ1) is 12.9. The van der Waals surface area contributed by atoms with Crippen molar-refractivity contribution in [3.05, 3.63) is 27.7 Å². The Kier molecular flexibility index (Phi) is 3.25. The molecule has 1 aliphatic heterocycles. The van der Waals surface area contributed by atoms with Crippen LogP contribution in [-0.2, 0) is 12.0 Å². The average molecular weight is 298 g/mol. The zero-order chi connectivity index (χ0) is 12.8. The highest BCUT2D eigenvalue weighted by Gasteiger charge is 2.38. The third kappa shape index (κ3) is 2.11. The Bertz CT molecular complexity index is 440. The molecule has 0 amide bonds. The summed E-state index contributed by atoms with van der Waals surface area (Å²) in [5.41, 5.74) is 3.72. The van der Waals surface area contributed by atoms with Crippen LogP contribution in [0, 0.1) is 0 Å². The fourth-order valence-corrected chi connectivity index (χ4v) is 3.32. The lowest BCUT2D eigenvalue weighted by Crippen LogP contribution is -2.33. The van der Waals surface area contributed by atoms with Crippen molar-refractivity contribution in [3.63, 3.8) is 0 Å². The third-order valence-electron chi connectivity index (χ3n) is 3.51. The molecule has 3 heteroatoms. The van der Waals surface area contributed by atoms with E-state index in [1.807, 2.05) is 6.07 Å². The number of halogens is 1. The molecular weight excluding hydrogens is 278 g/mol. The van der Waals surface area contributed by atoms with Gasteiger partial charge in [0.05, 0.1) is 6.61 Å². The van der Waals surface area contributed by atoms with Crippen LogP contribution in [0.4, 0.5) is 5.69 Å². The molecule has 0 radical (unpaired) electrons. The second kappa shape index (κ2) is 4.29. The number of anilines is 1. The Hall–Kier alpha value is -0.540. The van der Waals surface area contributed by atoms with Crippen LogP contribution in [0.3, 0.4) is 0 Å². The summed E-state index contributed by atoms with van der Waals surface area (Å²) in [7, 11) is 0. The average Bonchev–Trinajstić information content (AvgIpc) is 2.49. The van der Waals surface area contributed by atoms with Crippen LogP contribution >= 0.6 is 15.9 Å². The van der Waals surface area contributed by atoms with Gasteiger partial charge < -0.3 is 10.0 Å². The van der Waals surface area contributed by atoms with Crippen molar-refractivity contribution in [3.8, 4) is 0 Å². The molecule has 0 spiro atoms. The van der Waals surface area contributed by atoms with E-state index in [0.29, 0.717) is 6.04 Å². The molecule has 0 saturated heterocycles. The lowest BCUT2D eigenvalue weighted by atomic mass is 9.84. The van der Waals surface area contributed by atoms with Crippen LogP contribution < -0.4 is 4.90 Å². The fraction of sp³-hybridized carbons (Fsp3) is 0.571. The summed E-state index contributed by atoms with van der Waals surface area (Å²) in [5.74, 6) is 0. The number of benzene rings is 1. The second-order valence-corrected chi connectivity index (χ2v) is 6.64. The minimum Gasteiger partial charge on any atom is -0.392 e. The molecule has 0 bridgehead atoms. The van der Waals surface area contributed by atoms with Gasteiger partial charge in [0, 0.05) is 28.2 Å². The van der Waals surface area contributed by atoms with Crippen LogP contribution in [0.15, 0.2) is 16.6 Å². The molecule has 0 aromatic heterocycles. The van der Waals surface area contributed by atoms with Gasteiger partial charge in [0.25, 0.3) is 0 Å². The van der Waals surface area contributed by atoms with Gasteiger partial charge in [0.1, 0.15) is 0 Å². The van der Waals surface area contributed by atoms with Gasteiger partial charge in [-0.05, 0) is 37.1 Å². The SMILES string of the molecule is CC(C)N1CC(C)(C)c2c(CO)cc(Br)cc21. The van der Waals surface area contributed by atoms with Gasteiger partial charge in [-0.15, -0.1) is 0 Å². The Balaban J connectivity index is 2.64. The monoisotopic (exact) mass is 297 g/mol. The molecule has 1 aromatic rings. The van der Waals surface area contributed by atoms with Crippen molar-refractivity contribution in [1.29, 1.82) is 0 Å². The maximum absolute atomic E-state index is 9.54. The predicted molar refractivity (Wildman–Crippen MR) is 75.6 cm³/mol. The van der Waals surface area contributed by atoms with Gasteiger partial charge in [-0.25, -0.2) is 0 Å². The molecular formula is C14H20BrNO. The zero-order valence-electron chi connectivity index (χ0n) is 10.9. The van der Waals surface area contributed by atoms with E-state index < -0.39 is 0 Å². The number of aliphatic hydroxyl groups is 1. The summed E-state index contributed by atoms with van der Waals surface area (Å²) >= 11 is 3.53. The summed E-state index contributed by atoms with van der Waals surface area (Å²) in [4.78, 5) is 2.42. The Morgan fingerprint density at radius 2 is 2.06 bits per heavy atom. The summed E-state index contributed by atoms with van der Waals surface area (Å²) < 4.78 is 1.05. The van der Waals surface area contributed by atoms with Crippen molar-refractivity contribution in [2.24, 2.45) is 0 Å². The van der Waals surface area contributed by atoms with Crippen LogP contribution in [0.5, 0.6) is 0 Å². The molecule has 2 rings (SSSR count). The van der Waals surface area contributed by atoms with E-state index in [2.05, 4.69) is 54.6 Å². The quantitative estimate of drug-likeness (QED) is 0.904. The minimum absolute atomic E-state index is 0.108. The maximum Gasteiger partial charge on any atom is 0.0685 e. The largest absolute Gasteiger partial charge is 0.392 e. The summed E-state index contributed by atoms with van der Waals surface area (Å²) in [5, 5.41) is 9.54. The van der Waals surface area contributed by atoms with Gasteiger partial charge in [-0.2, -0.15) is 0 Å². The van der Waals surface area contributed by atoms with E-state index in [1.165, 1.54) is 11.3 Å². The van der Waals surface area contributed by atoms with Crippen molar-refractivity contribution in [1.82, 2.24) is 0 Å². The highest BCUT2D eigenvalue weighted by molar-refractivity contribution is 9.10. The predicted octanol–water partition coefficient (Wildman–Crippen LogP) is 3.45. The van der Waals surface area contributed by atoms with E-state index >= 15 is 0 Å². The van der Waals surface area contributed by atoms with Crippen LogP contribution in [0.1, 0.15) is 38.8 Å². The molecule has 1 aromatic carbocycles. The smallest absolute Gasteiger partial charge is 0.0685 e. The van der Waals surface area contributed by atoms with Crippen LogP contribution in [0.25, 0.3) is 0 Å². The number of aliphatic hydroxyl groups excluding tert-OH is 1. The van der Waals surface area contributed by atoms with Gasteiger partial charge in [-0.3, -0.25) is 0 Å². The molecule has 94 valence electrons. The lowest BCUT2D eigenvalue weighted by Gasteiger charge is -2.26. The third-order valence-corrected chi connectivity index (χ3v) is 3.97. The zero-order valence-corrected chi connectivity index (χ0v) is 12.5. The molecule has 0 saturated carbocycles. The molecule has 0 unspecified atom stereocenters. The van der Waals surface area contributed by atoms with Crippen molar-refractivity contribution in [2.75, 3.05) is 11.4 Å². The molecule has 1 heterocycles. The first-order chi connectivity index (χ1) is 7.86. The normalized spacial score (nSPS) is 17.7. The standard InChI is InChI=1S/C14H20BrNO/c1-9(2)16-8-14(3,4)13-10(7-17)5-11(15)6-12(13)16/h5-6,9,17H,7-8H2,1-4H3. The highest BCUT2D eigenvalue weighted by atomic mass is 79.9. The number of hydrogen-bond acceptors (Lipinski definition) is 2. The van der Waals surface area contributed by atoms with Gasteiger partial charge in [0.2, 0.25) is 0 Å². The topological polar surface area (TPSA) is 23.5 Å². The molecule has 0 atom stereocenters. The fourth-order valence-electron chi connectivity index (χ4n) is 2.83. The highest BCUT2D eigenvalue weighted by Crippen LogP contribution is 2.44. The lowest BCUT2D eigenvalue weighted by molar-refractivity contribution is 0.279. The molecule has 1 aliphatic rings. The maximum atomic E-state index is 9.54. The van der Waals surface area contributed by atoms with E-state index in [9.17, 15) is 5.11 Å². The summed E-state index contributed by atoms with van der Waals surface area (Å²) in [6.07, 6.45) is 0. The molecule has 1 N–H and O–H groups in total. The molecule has 2 nitrogen and oxygen atoms in total. The van der Waals surface area contributed by atoms with Crippen LogP contribution in [0.2, 0.25) is 0 Å². The van der Waals surface area contributed by atoms with Crippen molar-refractivity contribution >= 4 is 21.6 Å². The van der Waals surface area contributed by atoms with E-state index in [0.717, 1.165) is 16.6 Å². The Morgan fingerprint density at radius 1 is 1.41 bits per heavy atom. The first-order valence-electron chi connectivity index (χ1n) is 6.07. The van der Waals surface area contributed by atoms with Gasteiger partial charge >= 0.3 is 0 Å². The second-order valence-electron chi connectivity index (χ2n) is 5.72. The number of nitrogens with zero attached hydrogens (tertiary/aromatic N) is 1. The van der Waals surface area contributed by atoms with E-state index in [4.69, 9.17) is 0 Å². The Labute approximate surface area is 112 Å². The number of hydrogen-bond donors (Lipinski definition) is 1. The molecule has 17 heavy (non-hydrogen) atoms. The van der Waals surface area contributed by atoms with E-state index in [1.54, 1.807) is 0 Å². The molecule has 0 fully saturated rings. The van der Waals surface area contributed by atoms with E-state index in [-0.39, 0.29) is 12.0 Å². The van der Waals surface area contributed by atoms with Gasteiger partial charge in [0.15, 0.2) is 0 Å². The number of fused-ring (bicyclic) bond motifs is 1. The van der Waals surface area contributed by atoms with Gasteiger partial charge in [-0.1, -0.05) is 29.8 Å². The van der Waals surface area contributed by atoms with Crippen molar-refractivity contribution < 1.29 is 5.11 Å². The first-order valence-corrected chi connectivity index (χ1v) is 6.86.